The standard InChI is InChI=1S/C24H40N4O/c1-3-25-23(27-20-24(12-13-24)14-17-29-4-2)26-18-21-8-10-22(11-9-21)19-28-15-6-5-7-16-28/h8-11H,3-7,12-20H2,1-2H3,(H2,25,26,27). The summed E-state index contributed by atoms with van der Waals surface area (Å²) in [6.45, 7) is 12.0. The van der Waals surface area contributed by atoms with Crippen LogP contribution in [-0.2, 0) is 17.8 Å². The summed E-state index contributed by atoms with van der Waals surface area (Å²) in [5.41, 5.74) is 3.10. The molecule has 3 rings (SSSR count). The van der Waals surface area contributed by atoms with Crippen LogP contribution in [0.3, 0.4) is 0 Å². The van der Waals surface area contributed by atoms with Gasteiger partial charge in [-0.3, -0.25) is 4.90 Å². The van der Waals surface area contributed by atoms with Gasteiger partial charge in [-0.1, -0.05) is 30.7 Å². The minimum Gasteiger partial charge on any atom is -0.382 e. The van der Waals surface area contributed by atoms with Crippen LogP contribution in [0.5, 0.6) is 0 Å². The summed E-state index contributed by atoms with van der Waals surface area (Å²) in [6.07, 6.45) is 7.82. The van der Waals surface area contributed by atoms with E-state index in [-0.39, 0.29) is 0 Å². The van der Waals surface area contributed by atoms with Gasteiger partial charge >= 0.3 is 0 Å². The summed E-state index contributed by atoms with van der Waals surface area (Å²) in [4.78, 5) is 7.38. The van der Waals surface area contributed by atoms with Crippen molar-refractivity contribution in [1.82, 2.24) is 15.5 Å². The maximum absolute atomic E-state index is 5.55. The van der Waals surface area contributed by atoms with Crippen molar-refractivity contribution in [2.24, 2.45) is 10.4 Å². The van der Waals surface area contributed by atoms with E-state index in [0.29, 0.717) is 12.0 Å². The molecule has 2 N–H and O–H groups in total. The van der Waals surface area contributed by atoms with Gasteiger partial charge in [-0.25, -0.2) is 4.99 Å². The molecule has 1 heterocycles. The summed E-state index contributed by atoms with van der Waals surface area (Å²) in [5, 5.41) is 6.95. The first kappa shape index (κ1) is 22.1. The Morgan fingerprint density at radius 3 is 2.41 bits per heavy atom. The highest BCUT2D eigenvalue weighted by atomic mass is 16.5. The Morgan fingerprint density at radius 2 is 1.76 bits per heavy atom. The number of piperidine rings is 1. The molecule has 0 aromatic heterocycles. The number of hydrogen-bond acceptors (Lipinski definition) is 3. The van der Waals surface area contributed by atoms with E-state index in [4.69, 9.17) is 9.73 Å². The van der Waals surface area contributed by atoms with Gasteiger partial charge in [0.2, 0.25) is 0 Å². The molecule has 1 aliphatic carbocycles. The number of hydrogen-bond donors (Lipinski definition) is 2. The smallest absolute Gasteiger partial charge is 0.191 e. The molecule has 2 fully saturated rings. The number of ether oxygens (including phenoxy) is 1. The molecule has 0 amide bonds. The fourth-order valence-corrected chi connectivity index (χ4v) is 4.03. The third kappa shape index (κ3) is 7.63. The van der Waals surface area contributed by atoms with Gasteiger partial charge < -0.3 is 15.4 Å². The Labute approximate surface area is 177 Å². The molecular weight excluding hydrogens is 360 g/mol. The van der Waals surface area contributed by atoms with Crippen molar-refractivity contribution in [1.29, 1.82) is 0 Å². The second-order valence-corrected chi connectivity index (χ2v) is 8.65. The number of aliphatic imine (C=N–C) groups is 1. The largest absolute Gasteiger partial charge is 0.382 e. The van der Waals surface area contributed by atoms with E-state index in [1.54, 1.807) is 0 Å². The first-order valence-corrected chi connectivity index (χ1v) is 11.6. The number of guanidine groups is 1. The molecule has 1 aliphatic heterocycles. The van der Waals surface area contributed by atoms with Crippen molar-refractivity contribution in [2.75, 3.05) is 39.4 Å². The first-order chi connectivity index (χ1) is 14.2. The van der Waals surface area contributed by atoms with Gasteiger partial charge in [0.1, 0.15) is 0 Å². The van der Waals surface area contributed by atoms with E-state index in [1.807, 2.05) is 0 Å². The van der Waals surface area contributed by atoms with Gasteiger partial charge in [-0.15, -0.1) is 0 Å². The zero-order valence-electron chi connectivity index (χ0n) is 18.5. The van der Waals surface area contributed by atoms with Gasteiger partial charge in [0.25, 0.3) is 0 Å². The summed E-state index contributed by atoms with van der Waals surface area (Å²) >= 11 is 0. The Balaban J connectivity index is 1.46. The number of nitrogens with zero attached hydrogens (tertiary/aromatic N) is 2. The summed E-state index contributed by atoms with van der Waals surface area (Å²) < 4.78 is 5.55. The van der Waals surface area contributed by atoms with Crippen LogP contribution in [0.15, 0.2) is 29.3 Å². The van der Waals surface area contributed by atoms with Gasteiger partial charge in [0.05, 0.1) is 6.54 Å². The lowest BCUT2D eigenvalue weighted by Gasteiger charge is -2.26. The predicted molar refractivity (Wildman–Crippen MR) is 121 cm³/mol. The van der Waals surface area contributed by atoms with E-state index >= 15 is 0 Å². The summed E-state index contributed by atoms with van der Waals surface area (Å²) in [7, 11) is 0. The first-order valence-electron chi connectivity index (χ1n) is 11.6. The highest BCUT2D eigenvalue weighted by molar-refractivity contribution is 5.79. The Morgan fingerprint density at radius 1 is 1.03 bits per heavy atom. The molecule has 0 radical (unpaired) electrons. The molecule has 2 aliphatic rings. The number of benzene rings is 1. The number of likely N-dealkylation sites (tertiary alicyclic amines) is 1. The second-order valence-electron chi connectivity index (χ2n) is 8.65. The van der Waals surface area contributed by atoms with Gasteiger partial charge in [0.15, 0.2) is 5.96 Å². The van der Waals surface area contributed by atoms with E-state index in [2.05, 4.69) is 53.6 Å². The highest BCUT2D eigenvalue weighted by Gasteiger charge is 2.41. The van der Waals surface area contributed by atoms with Crippen LogP contribution in [0.1, 0.15) is 63.5 Å². The van der Waals surface area contributed by atoms with Crippen LogP contribution in [0.2, 0.25) is 0 Å². The topological polar surface area (TPSA) is 48.9 Å². The Bertz CT molecular complexity index is 618. The number of nitrogens with one attached hydrogen (secondary N) is 2. The van der Waals surface area contributed by atoms with Crippen LogP contribution in [-0.4, -0.2) is 50.3 Å². The third-order valence-electron chi connectivity index (χ3n) is 6.21. The van der Waals surface area contributed by atoms with E-state index in [9.17, 15) is 0 Å². The molecule has 29 heavy (non-hydrogen) atoms. The van der Waals surface area contributed by atoms with Crippen LogP contribution < -0.4 is 10.6 Å². The molecule has 0 unspecified atom stereocenters. The van der Waals surface area contributed by atoms with Crippen LogP contribution in [0.4, 0.5) is 0 Å². The van der Waals surface area contributed by atoms with Gasteiger partial charge in [-0.05, 0) is 75.6 Å². The third-order valence-corrected chi connectivity index (χ3v) is 6.21. The van der Waals surface area contributed by atoms with Gasteiger partial charge in [0, 0.05) is 32.8 Å². The van der Waals surface area contributed by atoms with E-state index in [1.165, 1.54) is 56.3 Å². The second kappa shape index (κ2) is 11.6. The monoisotopic (exact) mass is 400 g/mol. The molecule has 0 atom stereocenters. The van der Waals surface area contributed by atoms with Crippen LogP contribution in [0, 0.1) is 5.41 Å². The zero-order chi connectivity index (χ0) is 20.4. The number of rotatable bonds is 11. The molecule has 1 saturated carbocycles. The van der Waals surface area contributed by atoms with E-state index < -0.39 is 0 Å². The van der Waals surface area contributed by atoms with Gasteiger partial charge in [-0.2, -0.15) is 0 Å². The van der Waals surface area contributed by atoms with E-state index in [0.717, 1.165) is 45.2 Å². The van der Waals surface area contributed by atoms with Crippen LogP contribution in [0.25, 0.3) is 0 Å². The van der Waals surface area contributed by atoms with Crippen LogP contribution >= 0.6 is 0 Å². The summed E-state index contributed by atoms with van der Waals surface area (Å²) in [6, 6.07) is 9.01. The average Bonchev–Trinajstić information content (AvgIpc) is 3.52. The molecule has 0 spiro atoms. The highest BCUT2D eigenvalue weighted by Crippen LogP contribution is 2.48. The Hall–Kier alpha value is -1.59. The molecular formula is C24H40N4O. The minimum atomic E-state index is 0.418. The van der Waals surface area contributed by atoms with Crippen molar-refractivity contribution < 1.29 is 4.74 Å². The molecule has 5 nitrogen and oxygen atoms in total. The molecule has 162 valence electrons. The quantitative estimate of drug-likeness (QED) is 0.336. The molecule has 0 bridgehead atoms. The molecule has 1 aromatic carbocycles. The van der Waals surface area contributed by atoms with Crippen molar-refractivity contribution >= 4 is 5.96 Å². The fourth-order valence-electron chi connectivity index (χ4n) is 4.03. The molecule has 1 saturated heterocycles. The maximum Gasteiger partial charge on any atom is 0.191 e. The molecule has 1 aromatic rings. The van der Waals surface area contributed by atoms with Crippen molar-refractivity contribution in [3.63, 3.8) is 0 Å². The lowest BCUT2D eigenvalue weighted by molar-refractivity contribution is 0.128. The van der Waals surface area contributed by atoms with Crippen molar-refractivity contribution in [3.8, 4) is 0 Å². The average molecular weight is 401 g/mol. The Kier molecular flexibility index (Phi) is 8.81. The lowest BCUT2D eigenvalue weighted by atomic mass is 10.0. The maximum atomic E-state index is 5.55. The zero-order valence-corrected chi connectivity index (χ0v) is 18.5. The predicted octanol–water partition coefficient (Wildman–Crippen LogP) is 3.93. The lowest BCUT2D eigenvalue weighted by Crippen LogP contribution is -2.40. The van der Waals surface area contributed by atoms with Crippen molar-refractivity contribution in [2.45, 2.75) is 65.5 Å². The minimum absolute atomic E-state index is 0.418. The fraction of sp³-hybridized carbons (Fsp3) is 0.708. The normalized spacial score (nSPS) is 19.2. The SMILES string of the molecule is CCNC(=NCc1ccc(CN2CCCCC2)cc1)NCC1(CCOCC)CC1. The summed E-state index contributed by atoms with van der Waals surface area (Å²) in [5.74, 6) is 0.924. The molecule has 5 heteroatoms. The van der Waals surface area contributed by atoms with Crippen molar-refractivity contribution in [3.05, 3.63) is 35.4 Å².